The molecule has 92 valence electrons. The lowest BCUT2D eigenvalue weighted by Gasteiger charge is -2.20. The van der Waals surface area contributed by atoms with Crippen LogP contribution in [0.1, 0.15) is 0 Å². The van der Waals surface area contributed by atoms with E-state index in [1.54, 1.807) is 18.2 Å². The lowest BCUT2D eigenvalue weighted by Crippen LogP contribution is -2.49. The largest absolute Gasteiger partial charge is 0.463 e. The molecule has 0 aliphatic rings. The molecular weight excluding hydrogens is 231 g/mol. The second-order valence-corrected chi connectivity index (χ2v) is 2.99. The van der Waals surface area contributed by atoms with Crippen LogP contribution in [0.4, 0.5) is 4.39 Å². The van der Waals surface area contributed by atoms with Gasteiger partial charge in [-0.2, -0.15) is 4.39 Å². The van der Waals surface area contributed by atoms with Crippen LogP contribution in [0.15, 0.2) is 30.3 Å². The highest BCUT2D eigenvalue weighted by atomic mass is 19.2. The van der Waals surface area contributed by atoms with Gasteiger partial charge in [0.1, 0.15) is 5.75 Å². The fourth-order valence-electron chi connectivity index (χ4n) is 1.08. The van der Waals surface area contributed by atoms with Gasteiger partial charge in [-0.1, -0.05) is 18.2 Å². The molecule has 0 fully saturated rings. The summed E-state index contributed by atoms with van der Waals surface area (Å²) in [5.41, 5.74) is 0. The van der Waals surface area contributed by atoms with Crippen molar-refractivity contribution in [1.82, 2.24) is 0 Å². The first-order valence-corrected chi connectivity index (χ1v) is 4.64. The molecule has 0 heterocycles. The first kappa shape index (κ1) is 13.0. The van der Waals surface area contributed by atoms with E-state index in [1.165, 1.54) is 12.1 Å². The summed E-state index contributed by atoms with van der Waals surface area (Å²) in [5.74, 6) is -6.25. The molecule has 0 aliphatic heterocycles. The highest BCUT2D eigenvalue weighted by Gasteiger charge is 2.52. The van der Waals surface area contributed by atoms with E-state index in [-0.39, 0.29) is 5.75 Å². The van der Waals surface area contributed by atoms with E-state index in [2.05, 4.69) is 9.47 Å². The molecule has 0 aromatic heterocycles. The molecule has 0 atom stereocenters. The predicted molar refractivity (Wildman–Crippen MR) is 54.9 cm³/mol. The average molecular weight is 242 g/mol. The third-order valence-electron chi connectivity index (χ3n) is 1.90. The summed E-state index contributed by atoms with van der Waals surface area (Å²) in [4.78, 5) is 22.4. The molecule has 0 amide bonds. The van der Waals surface area contributed by atoms with E-state index in [0.29, 0.717) is 0 Å². The minimum Gasteiger partial charge on any atom is -0.463 e. The van der Waals surface area contributed by atoms with E-state index < -0.39 is 17.8 Å². The molecular formula is C11H11FO5. The van der Waals surface area contributed by atoms with E-state index >= 15 is 0 Å². The van der Waals surface area contributed by atoms with Crippen molar-refractivity contribution in [2.45, 2.75) is 5.85 Å². The zero-order valence-electron chi connectivity index (χ0n) is 9.31. The van der Waals surface area contributed by atoms with Crippen LogP contribution >= 0.6 is 0 Å². The number of alkyl halides is 1. The Morgan fingerprint density at radius 3 is 1.94 bits per heavy atom. The van der Waals surface area contributed by atoms with Gasteiger partial charge < -0.3 is 14.2 Å². The summed E-state index contributed by atoms with van der Waals surface area (Å²) in [7, 11) is 1.88. The highest BCUT2D eigenvalue weighted by molar-refractivity contribution is 6.01. The second kappa shape index (κ2) is 5.29. The van der Waals surface area contributed by atoms with Gasteiger partial charge in [0.25, 0.3) is 0 Å². The lowest BCUT2D eigenvalue weighted by molar-refractivity contribution is -0.195. The van der Waals surface area contributed by atoms with Gasteiger partial charge >= 0.3 is 17.8 Å². The number of carbonyl (C=O) groups excluding carboxylic acids is 2. The first-order valence-electron chi connectivity index (χ1n) is 4.64. The van der Waals surface area contributed by atoms with Crippen LogP contribution in [0.25, 0.3) is 0 Å². The van der Waals surface area contributed by atoms with Crippen LogP contribution in [0.5, 0.6) is 5.75 Å². The maximum atomic E-state index is 14.1. The van der Waals surface area contributed by atoms with Gasteiger partial charge in [-0.3, -0.25) is 0 Å². The number of carbonyl (C=O) groups is 2. The third-order valence-corrected chi connectivity index (χ3v) is 1.90. The SMILES string of the molecule is COC(=O)C(F)(Oc1ccccc1)C(=O)OC. The van der Waals surface area contributed by atoms with Gasteiger partial charge in [-0.15, -0.1) is 0 Å². The fraction of sp³-hybridized carbons (Fsp3) is 0.273. The average Bonchev–Trinajstić information content (AvgIpc) is 2.37. The second-order valence-electron chi connectivity index (χ2n) is 2.99. The number of ether oxygens (including phenoxy) is 3. The summed E-state index contributed by atoms with van der Waals surface area (Å²) in [6.45, 7) is 0. The number of esters is 2. The van der Waals surface area contributed by atoms with E-state index in [0.717, 1.165) is 14.2 Å². The molecule has 1 rings (SSSR count). The van der Waals surface area contributed by atoms with Gasteiger partial charge in [-0.05, 0) is 12.1 Å². The Morgan fingerprint density at radius 1 is 1.06 bits per heavy atom. The molecule has 6 heteroatoms. The van der Waals surface area contributed by atoms with Crippen LogP contribution in [-0.4, -0.2) is 32.0 Å². The first-order chi connectivity index (χ1) is 8.04. The zero-order chi connectivity index (χ0) is 12.9. The molecule has 0 saturated carbocycles. The number of hydrogen-bond acceptors (Lipinski definition) is 5. The fourth-order valence-corrected chi connectivity index (χ4v) is 1.08. The maximum absolute atomic E-state index is 14.1. The molecule has 0 N–H and O–H groups in total. The Morgan fingerprint density at radius 2 is 1.53 bits per heavy atom. The van der Waals surface area contributed by atoms with Crippen LogP contribution < -0.4 is 4.74 Å². The van der Waals surface area contributed by atoms with Crippen LogP contribution in [0.3, 0.4) is 0 Å². The topological polar surface area (TPSA) is 61.8 Å². The van der Waals surface area contributed by atoms with Gasteiger partial charge in [0, 0.05) is 0 Å². The van der Waals surface area contributed by atoms with Crippen molar-refractivity contribution >= 4 is 11.9 Å². The summed E-state index contributed by atoms with van der Waals surface area (Å²) in [6.07, 6.45) is 0. The monoisotopic (exact) mass is 242 g/mol. The van der Waals surface area contributed by atoms with E-state index in [9.17, 15) is 14.0 Å². The minimum atomic E-state index is -3.30. The number of para-hydroxylation sites is 1. The highest BCUT2D eigenvalue weighted by Crippen LogP contribution is 2.22. The summed E-state index contributed by atoms with van der Waals surface area (Å²) in [5, 5.41) is 0. The van der Waals surface area contributed by atoms with Gasteiger partial charge in [-0.25, -0.2) is 9.59 Å². The Balaban J connectivity index is 3.00. The molecule has 0 spiro atoms. The molecule has 5 nitrogen and oxygen atoms in total. The van der Waals surface area contributed by atoms with E-state index in [1.807, 2.05) is 0 Å². The van der Waals surface area contributed by atoms with E-state index in [4.69, 9.17) is 4.74 Å². The summed E-state index contributed by atoms with van der Waals surface area (Å²) >= 11 is 0. The van der Waals surface area contributed by atoms with Gasteiger partial charge in [0.15, 0.2) is 0 Å². The lowest BCUT2D eigenvalue weighted by atomic mass is 10.3. The molecule has 17 heavy (non-hydrogen) atoms. The van der Waals surface area contributed by atoms with Crippen LogP contribution in [-0.2, 0) is 19.1 Å². The zero-order valence-corrected chi connectivity index (χ0v) is 9.31. The third kappa shape index (κ3) is 2.72. The number of hydrogen-bond donors (Lipinski definition) is 0. The molecule has 1 aromatic rings. The Hall–Kier alpha value is -2.11. The van der Waals surface area contributed by atoms with Crippen molar-refractivity contribution in [2.75, 3.05) is 14.2 Å². The summed E-state index contributed by atoms with van der Waals surface area (Å²) < 4.78 is 27.1. The minimum absolute atomic E-state index is 0.00537. The van der Waals surface area contributed by atoms with Gasteiger partial charge in [0.05, 0.1) is 14.2 Å². The van der Waals surface area contributed by atoms with Crippen molar-refractivity contribution < 1.29 is 28.2 Å². The van der Waals surface area contributed by atoms with Crippen molar-refractivity contribution in [2.24, 2.45) is 0 Å². The predicted octanol–water partition coefficient (Wildman–Crippen LogP) is 1.08. The number of benzene rings is 1. The Kier molecular flexibility index (Phi) is 4.03. The smallest absolute Gasteiger partial charge is 0.444 e. The van der Waals surface area contributed by atoms with Crippen molar-refractivity contribution in [3.8, 4) is 5.75 Å². The van der Waals surface area contributed by atoms with Crippen LogP contribution in [0.2, 0.25) is 0 Å². The molecule has 1 aromatic carbocycles. The van der Waals surface area contributed by atoms with Crippen molar-refractivity contribution in [1.29, 1.82) is 0 Å². The Labute approximate surface area is 97.1 Å². The summed E-state index contributed by atoms with van der Waals surface area (Å²) in [6, 6.07) is 7.57. The quantitative estimate of drug-likeness (QED) is 0.584. The van der Waals surface area contributed by atoms with Crippen LogP contribution in [0, 0.1) is 0 Å². The number of halogens is 1. The van der Waals surface area contributed by atoms with Crippen molar-refractivity contribution in [3.05, 3.63) is 30.3 Å². The molecule has 0 radical (unpaired) electrons. The normalized spacial score (nSPS) is 10.5. The van der Waals surface area contributed by atoms with Crippen molar-refractivity contribution in [3.63, 3.8) is 0 Å². The van der Waals surface area contributed by atoms with Gasteiger partial charge in [0.2, 0.25) is 0 Å². The number of methoxy groups -OCH3 is 2. The molecule has 0 saturated heterocycles. The molecule has 0 unspecified atom stereocenters. The standard InChI is InChI=1S/C11H11FO5/c1-15-9(13)11(12,10(14)16-2)17-8-6-4-3-5-7-8/h3-7H,1-2H3. The number of rotatable bonds is 4. The molecule has 0 aliphatic carbocycles. The maximum Gasteiger partial charge on any atom is 0.444 e. The molecule has 0 bridgehead atoms. The Bertz CT molecular complexity index is 388.